The molecule has 1 aromatic carbocycles. The largest absolute Gasteiger partial charge is 0.198 e. The second-order valence-electron chi connectivity index (χ2n) is 2.56. The minimum absolute atomic E-state index is 0.334. The van der Waals surface area contributed by atoms with Gasteiger partial charge in [0.05, 0.1) is 22.5 Å². The lowest BCUT2D eigenvalue weighted by molar-refractivity contribution is 1.36. The number of rotatable bonds is 2. The van der Waals surface area contributed by atoms with E-state index in [0.717, 1.165) is 5.56 Å². The maximum atomic E-state index is 8.34. The van der Waals surface area contributed by atoms with Crippen LogP contribution in [0.25, 0.3) is 6.08 Å². The summed E-state index contributed by atoms with van der Waals surface area (Å²) in [5.41, 5.74) is 0.722. The molecule has 0 unspecified atom stereocenters. The van der Waals surface area contributed by atoms with Crippen molar-refractivity contribution in [2.75, 3.05) is 0 Å². The summed E-state index contributed by atoms with van der Waals surface area (Å²) in [4.78, 5) is 0. The number of hydrogen-bond acceptors (Lipinski definition) is 1. The molecule has 0 aliphatic carbocycles. The van der Waals surface area contributed by atoms with Gasteiger partial charge in [-0.05, 0) is 17.7 Å². The molecule has 0 spiro atoms. The molecule has 4 heteroatoms. The molecule has 0 atom stereocenters. The molecule has 0 heterocycles. The Kier molecular flexibility index (Phi) is 4.28. The molecule has 0 saturated carbocycles. The smallest absolute Gasteiger partial charge is 0.0665 e. The van der Waals surface area contributed by atoms with Gasteiger partial charge in [-0.25, -0.2) is 0 Å². The summed E-state index contributed by atoms with van der Waals surface area (Å²) in [6.45, 7) is 0. The molecule has 0 radical (unpaired) electrons. The van der Waals surface area contributed by atoms with Crippen LogP contribution in [0.3, 0.4) is 0 Å². The molecule has 0 aromatic heterocycles. The summed E-state index contributed by atoms with van der Waals surface area (Å²) in [5.74, 6) is 0. The predicted octanol–water partition coefficient (Wildman–Crippen LogP) is 4.57. The lowest BCUT2D eigenvalue weighted by atomic mass is 10.2. The average Bonchev–Trinajstić information content (AvgIpc) is 2.13. The molecule has 72 valence electrons. The first-order valence-electron chi connectivity index (χ1n) is 3.83. The highest BCUT2D eigenvalue weighted by atomic mass is 35.5. The fraction of sp³-hybridized carbons (Fsp3) is 0.100. The van der Waals surface area contributed by atoms with Crippen LogP contribution in [0.4, 0.5) is 0 Å². The zero-order valence-corrected chi connectivity index (χ0v) is 9.37. The number of halogens is 3. The summed E-state index contributed by atoms with van der Waals surface area (Å²) < 4.78 is 0. The van der Waals surface area contributed by atoms with Crippen LogP contribution in [-0.4, -0.2) is 0 Å². The topological polar surface area (TPSA) is 23.8 Å². The number of nitrogens with zero attached hydrogens (tertiary/aromatic N) is 1. The minimum atomic E-state index is 0.334. The van der Waals surface area contributed by atoms with E-state index in [1.54, 1.807) is 24.3 Å². The van der Waals surface area contributed by atoms with Gasteiger partial charge in [-0.1, -0.05) is 47.0 Å². The van der Waals surface area contributed by atoms with Crippen LogP contribution in [-0.2, 0) is 0 Å². The highest BCUT2D eigenvalue weighted by Gasteiger charge is 2.03. The molecule has 1 aromatic rings. The standard InChI is InChI=1S/C10H6Cl3N/c11-8-5-7(3-1-2-4-14)10(13)9(12)6-8/h1,3,5-6H,2H2. The van der Waals surface area contributed by atoms with E-state index < -0.39 is 0 Å². The van der Waals surface area contributed by atoms with Gasteiger partial charge in [0.25, 0.3) is 0 Å². The second-order valence-corrected chi connectivity index (χ2v) is 3.78. The summed E-state index contributed by atoms with van der Waals surface area (Å²) in [7, 11) is 0. The molecular formula is C10H6Cl3N. The van der Waals surface area contributed by atoms with Crippen molar-refractivity contribution in [2.45, 2.75) is 6.42 Å². The van der Waals surface area contributed by atoms with Gasteiger partial charge in [0.15, 0.2) is 0 Å². The first kappa shape index (κ1) is 11.4. The van der Waals surface area contributed by atoms with E-state index in [-0.39, 0.29) is 0 Å². The number of hydrogen-bond donors (Lipinski definition) is 0. The van der Waals surface area contributed by atoms with E-state index >= 15 is 0 Å². The molecule has 0 amide bonds. The molecule has 0 aliphatic rings. The van der Waals surface area contributed by atoms with Crippen LogP contribution in [0, 0.1) is 11.3 Å². The number of allylic oxidation sites excluding steroid dienone is 1. The van der Waals surface area contributed by atoms with Crippen molar-refractivity contribution < 1.29 is 0 Å². The maximum absolute atomic E-state index is 8.34. The molecule has 1 nitrogen and oxygen atoms in total. The fourth-order valence-electron chi connectivity index (χ4n) is 0.936. The quantitative estimate of drug-likeness (QED) is 0.701. The zero-order valence-electron chi connectivity index (χ0n) is 7.10. The highest BCUT2D eigenvalue weighted by Crippen LogP contribution is 2.30. The first-order valence-corrected chi connectivity index (χ1v) is 4.96. The van der Waals surface area contributed by atoms with Crippen molar-refractivity contribution in [1.82, 2.24) is 0 Å². The van der Waals surface area contributed by atoms with Crippen molar-refractivity contribution in [3.8, 4) is 6.07 Å². The summed E-state index contributed by atoms with van der Waals surface area (Å²) in [6, 6.07) is 5.27. The van der Waals surface area contributed by atoms with Crippen molar-refractivity contribution >= 4 is 40.9 Å². The molecule has 1 rings (SSSR count). The Morgan fingerprint density at radius 2 is 2.00 bits per heavy atom. The van der Waals surface area contributed by atoms with Gasteiger partial charge in [-0.3, -0.25) is 0 Å². The van der Waals surface area contributed by atoms with E-state index in [2.05, 4.69) is 0 Å². The average molecular weight is 247 g/mol. The van der Waals surface area contributed by atoms with Gasteiger partial charge in [-0.15, -0.1) is 0 Å². The van der Waals surface area contributed by atoms with Gasteiger partial charge in [0.1, 0.15) is 0 Å². The Morgan fingerprint density at radius 3 is 2.64 bits per heavy atom. The van der Waals surface area contributed by atoms with E-state index in [9.17, 15) is 0 Å². The normalized spacial score (nSPS) is 10.4. The zero-order chi connectivity index (χ0) is 10.6. The van der Waals surface area contributed by atoms with E-state index in [0.29, 0.717) is 21.5 Å². The fourth-order valence-corrected chi connectivity index (χ4v) is 1.62. The third kappa shape index (κ3) is 2.92. The summed E-state index contributed by atoms with van der Waals surface area (Å²) >= 11 is 17.5. The molecule has 0 fully saturated rings. The Bertz CT molecular complexity index is 405. The molecule has 14 heavy (non-hydrogen) atoms. The number of benzene rings is 1. The van der Waals surface area contributed by atoms with Crippen LogP contribution in [0.1, 0.15) is 12.0 Å². The van der Waals surface area contributed by atoms with Crippen molar-refractivity contribution in [3.05, 3.63) is 38.8 Å². The van der Waals surface area contributed by atoms with Gasteiger partial charge in [0, 0.05) is 5.02 Å². The Morgan fingerprint density at radius 1 is 1.29 bits per heavy atom. The summed E-state index contributed by atoms with van der Waals surface area (Å²) in [5, 5.41) is 9.72. The molecule has 0 aliphatic heterocycles. The van der Waals surface area contributed by atoms with Crippen LogP contribution >= 0.6 is 34.8 Å². The summed E-state index contributed by atoms with van der Waals surface area (Å²) in [6.07, 6.45) is 3.76. The lowest BCUT2D eigenvalue weighted by Crippen LogP contribution is -1.77. The Hall–Kier alpha value is -0.680. The van der Waals surface area contributed by atoms with Gasteiger partial charge in [0.2, 0.25) is 0 Å². The third-order valence-electron chi connectivity index (χ3n) is 1.53. The lowest BCUT2D eigenvalue weighted by Gasteiger charge is -2.01. The van der Waals surface area contributed by atoms with E-state index in [1.807, 2.05) is 6.07 Å². The Balaban J connectivity index is 3.03. The van der Waals surface area contributed by atoms with Crippen LogP contribution < -0.4 is 0 Å². The SMILES string of the molecule is N#CCC=Cc1cc(Cl)cc(Cl)c1Cl. The van der Waals surface area contributed by atoms with Gasteiger partial charge >= 0.3 is 0 Å². The van der Waals surface area contributed by atoms with Crippen molar-refractivity contribution in [2.24, 2.45) is 0 Å². The van der Waals surface area contributed by atoms with E-state index in [1.165, 1.54) is 0 Å². The molecular weight excluding hydrogens is 240 g/mol. The van der Waals surface area contributed by atoms with Crippen LogP contribution in [0.5, 0.6) is 0 Å². The van der Waals surface area contributed by atoms with Crippen molar-refractivity contribution in [1.29, 1.82) is 5.26 Å². The molecule has 0 N–H and O–H groups in total. The first-order chi connectivity index (χ1) is 6.65. The highest BCUT2D eigenvalue weighted by molar-refractivity contribution is 6.44. The minimum Gasteiger partial charge on any atom is -0.198 e. The van der Waals surface area contributed by atoms with Crippen LogP contribution in [0.2, 0.25) is 15.1 Å². The second kappa shape index (κ2) is 5.26. The third-order valence-corrected chi connectivity index (χ3v) is 2.56. The number of nitriles is 1. The van der Waals surface area contributed by atoms with Gasteiger partial charge < -0.3 is 0 Å². The van der Waals surface area contributed by atoms with Crippen molar-refractivity contribution in [3.63, 3.8) is 0 Å². The maximum Gasteiger partial charge on any atom is 0.0665 e. The molecule has 0 bridgehead atoms. The monoisotopic (exact) mass is 245 g/mol. The van der Waals surface area contributed by atoms with E-state index in [4.69, 9.17) is 40.1 Å². The van der Waals surface area contributed by atoms with Crippen LogP contribution in [0.15, 0.2) is 18.2 Å². The molecule has 0 saturated heterocycles. The Labute approximate surface area is 97.5 Å². The predicted molar refractivity (Wildman–Crippen MR) is 60.7 cm³/mol. The van der Waals surface area contributed by atoms with Gasteiger partial charge in [-0.2, -0.15) is 5.26 Å².